The molecule has 0 spiro atoms. The minimum Gasteiger partial charge on any atom is -0.317 e. The molecule has 0 saturated carbocycles. The Morgan fingerprint density at radius 3 is 2.78 bits per heavy atom. The van der Waals surface area contributed by atoms with Crippen molar-refractivity contribution >= 4 is 11.7 Å². The minimum absolute atomic E-state index is 0.137. The van der Waals surface area contributed by atoms with Gasteiger partial charge in [-0.05, 0) is 12.8 Å². The van der Waals surface area contributed by atoms with Gasteiger partial charge >= 0.3 is 0 Å². The lowest BCUT2D eigenvalue weighted by Gasteiger charge is -2.30. The van der Waals surface area contributed by atoms with Gasteiger partial charge in [0.1, 0.15) is 5.82 Å². The van der Waals surface area contributed by atoms with Gasteiger partial charge in [0.05, 0.1) is 17.8 Å². The predicted molar refractivity (Wildman–Crippen MR) is 70.3 cm³/mol. The monoisotopic (exact) mass is 251 g/mol. The van der Waals surface area contributed by atoms with E-state index >= 15 is 0 Å². The summed E-state index contributed by atoms with van der Waals surface area (Å²) in [5, 5.41) is 10.3. The zero-order valence-corrected chi connectivity index (χ0v) is 10.9. The lowest BCUT2D eigenvalue weighted by molar-refractivity contribution is -0.121. The fourth-order valence-electron chi connectivity index (χ4n) is 1.96. The summed E-state index contributed by atoms with van der Waals surface area (Å²) in [4.78, 5) is 12.2. The fourth-order valence-corrected chi connectivity index (χ4v) is 1.96. The largest absolute Gasteiger partial charge is 0.317 e. The second-order valence-electron chi connectivity index (χ2n) is 4.79. The number of nitrogens with zero attached hydrogens (tertiary/aromatic N) is 2. The number of rotatable bonds is 5. The van der Waals surface area contributed by atoms with Gasteiger partial charge in [-0.15, -0.1) is 0 Å². The molecule has 0 bridgehead atoms. The third-order valence-corrected chi connectivity index (χ3v) is 3.73. The van der Waals surface area contributed by atoms with Gasteiger partial charge in [-0.3, -0.25) is 4.79 Å². The summed E-state index contributed by atoms with van der Waals surface area (Å²) in [5.41, 5.74) is 5.28. The molecule has 2 rings (SSSR count). The third-order valence-electron chi connectivity index (χ3n) is 3.73. The van der Waals surface area contributed by atoms with Gasteiger partial charge in [-0.1, -0.05) is 13.8 Å². The van der Waals surface area contributed by atoms with Crippen LogP contribution in [0.4, 0.5) is 5.82 Å². The minimum atomic E-state index is -0.799. The number of carbonyl (C=O) groups excluding carboxylic acids is 1. The molecule has 100 valence electrons. The molecule has 6 heteroatoms. The van der Waals surface area contributed by atoms with Crippen LogP contribution in [0, 0.1) is 0 Å². The summed E-state index contributed by atoms with van der Waals surface area (Å²) < 4.78 is 1.85. The zero-order chi connectivity index (χ0) is 13.2. The van der Waals surface area contributed by atoms with Crippen molar-refractivity contribution in [2.75, 3.05) is 18.4 Å². The first-order chi connectivity index (χ1) is 8.60. The van der Waals surface area contributed by atoms with E-state index < -0.39 is 5.54 Å². The van der Waals surface area contributed by atoms with Crippen LogP contribution < -0.4 is 16.4 Å². The first kappa shape index (κ1) is 13.0. The van der Waals surface area contributed by atoms with Crippen LogP contribution in [0.25, 0.3) is 0 Å². The molecule has 6 nitrogen and oxygen atoms in total. The Bertz CT molecular complexity index is 420. The Hall–Kier alpha value is -1.40. The fraction of sp³-hybridized carbons (Fsp3) is 0.667. The summed E-state index contributed by atoms with van der Waals surface area (Å²) in [5.74, 6) is 0.588. The smallest absolute Gasteiger partial charge is 0.245 e. The molecular weight excluding hydrogens is 230 g/mol. The number of nitrogens with one attached hydrogen (secondary N) is 2. The Labute approximate surface area is 107 Å². The number of amides is 1. The molecule has 0 atom stereocenters. The standard InChI is InChI=1S/C12H21N5O/c1-3-12(13,4-2)11(18)16-10-5-6-15-17(10)9-7-14-8-9/h5-6,9,14H,3-4,7-8,13H2,1-2H3,(H,16,18). The number of nitrogens with two attached hydrogens (primary N) is 1. The summed E-state index contributed by atoms with van der Waals surface area (Å²) in [6.45, 7) is 5.63. The molecule has 1 fully saturated rings. The first-order valence-corrected chi connectivity index (χ1v) is 6.45. The lowest BCUT2D eigenvalue weighted by atomic mass is 9.93. The normalized spacial score (nSPS) is 16.4. The van der Waals surface area contributed by atoms with Crippen LogP contribution in [0.15, 0.2) is 12.3 Å². The average molecular weight is 251 g/mol. The van der Waals surface area contributed by atoms with Gasteiger partial charge in [0.2, 0.25) is 5.91 Å². The summed E-state index contributed by atoms with van der Waals surface area (Å²) in [6.07, 6.45) is 2.94. The van der Waals surface area contributed by atoms with Gasteiger partial charge in [0, 0.05) is 19.2 Å². The Morgan fingerprint density at radius 1 is 1.61 bits per heavy atom. The average Bonchev–Trinajstić information content (AvgIpc) is 2.74. The Kier molecular flexibility index (Phi) is 3.68. The SMILES string of the molecule is CCC(N)(CC)C(=O)Nc1ccnn1C1CNC1. The molecular formula is C12H21N5O. The number of hydrogen-bond acceptors (Lipinski definition) is 4. The lowest BCUT2D eigenvalue weighted by Crippen LogP contribution is -2.51. The van der Waals surface area contributed by atoms with E-state index in [2.05, 4.69) is 15.7 Å². The Balaban J connectivity index is 2.09. The predicted octanol–water partition coefficient (Wildman–Crippen LogP) is 0.483. The quantitative estimate of drug-likeness (QED) is 0.710. The maximum Gasteiger partial charge on any atom is 0.245 e. The van der Waals surface area contributed by atoms with Crippen molar-refractivity contribution in [2.45, 2.75) is 38.3 Å². The summed E-state index contributed by atoms with van der Waals surface area (Å²) in [7, 11) is 0. The molecule has 2 heterocycles. The highest BCUT2D eigenvalue weighted by Gasteiger charge is 2.31. The zero-order valence-electron chi connectivity index (χ0n) is 10.9. The van der Waals surface area contributed by atoms with Crippen molar-refractivity contribution in [3.63, 3.8) is 0 Å². The molecule has 1 aliphatic rings. The molecule has 0 unspecified atom stereocenters. The van der Waals surface area contributed by atoms with E-state index in [1.54, 1.807) is 6.20 Å². The van der Waals surface area contributed by atoms with Gasteiger partial charge in [0.15, 0.2) is 0 Å². The third kappa shape index (κ3) is 2.26. The molecule has 4 N–H and O–H groups in total. The van der Waals surface area contributed by atoms with Gasteiger partial charge in [-0.25, -0.2) is 4.68 Å². The van der Waals surface area contributed by atoms with Gasteiger partial charge in [-0.2, -0.15) is 5.10 Å². The van der Waals surface area contributed by atoms with Crippen molar-refractivity contribution in [3.05, 3.63) is 12.3 Å². The van der Waals surface area contributed by atoms with Crippen molar-refractivity contribution in [2.24, 2.45) is 5.73 Å². The van der Waals surface area contributed by atoms with Crippen molar-refractivity contribution in [1.82, 2.24) is 15.1 Å². The highest BCUT2D eigenvalue weighted by molar-refractivity contribution is 5.97. The van der Waals surface area contributed by atoms with E-state index in [-0.39, 0.29) is 5.91 Å². The highest BCUT2D eigenvalue weighted by atomic mass is 16.2. The number of carbonyl (C=O) groups is 1. The van der Waals surface area contributed by atoms with E-state index in [0.29, 0.717) is 18.9 Å². The first-order valence-electron chi connectivity index (χ1n) is 6.45. The number of hydrogen-bond donors (Lipinski definition) is 3. The molecule has 0 aromatic carbocycles. The van der Waals surface area contributed by atoms with Crippen LogP contribution >= 0.6 is 0 Å². The molecule has 1 aromatic rings. The molecule has 18 heavy (non-hydrogen) atoms. The molecule has 0 radical (unpaired) electrons. The second kappa shape index (κ2) is 5.07. The maximum atomic E-state index is 12.2. The number of aromatic nitrogens is 2. The second-order valence-corrected chi connectivity index (χ2v) is 4.79. The van der Waals surface area contributed by atoms with Crippen LogP contribution in [0.5, 0.6) is 0 Å². The molecule has 1 amide bonds. The Morgan fingerprint density at radius 2 is 2.28 bits per heavy atom. The molecule has 1 aliphatic heterocycles. The summed E-state index contributed by atoms with van der Waals surface area (Å²) in [6, 6.07) is 2.13. The van der Waals surface area contributed by atoms with Gasteiger partial charge in [0.25, 0.3) is 0 Å². The maximum absolute atomic E-state index is 12.2. The van der Waals surface area contributed by atoms with Crippen LogP contribution in [-0.4, -0.2) is 34.3 Å². The summed E-state index contributed by atoms with van der Waals surface area (Å²) >= 11 is 0. The van der Waals surface area contributed by atoms with E-state index in [1.165, 1.54) is 0 Å². The highest BCUT2D eigenvalue weighted by Crippen LogP contribution is 2.20. The molecule has 1 saturated heterocycles. The van der Waals surface area contributed by atoms with Crippen molar-refractivity contribution in [3.8, 4) is 0 Å². The van der Waals surface area contributed by atoms with Crippen LogP contribution in [0.3, 0.4) is 0 Å². The van der Waals surface area contributed by atoms with E-state index in [1.807, 2.05) is 24.6 Å². The molecule has 0 aliphatic carbocycles. The van der Waals surface area contributed by atoms with E-state index in [0.717, 1.165) is 18.9 Å². The molecule has 1 aromatic heterocycles. The van der Waals surface area contributed by atoms with E-state index in [9.17, 15) is 4.79 Å². The van der Waals surface area contributed by atoms with Crippen LogP contribution in [-0.2, 0) is 4.79 Å². The van der Waals surface area contributed by atoms with Crippen LogP contribution in [0.2, 0.25) is 0 Å². The number of anilines is 1. The van der Waals surface area contributed by atoms with Crippen molar-refractivity contribution < 1.29 is 4.79 Å². The van der Waals surface area contributed by atoms with E-state index in [4.69, 9.17) is 5.73 Å². The topological polar surface area (TPSA) is 85.0 Å². The van der Waals surface area contributed by atoms with Crippen molar-refractivity contribution in [1.29, 1.82) is 0 Å². The van der Waals surface area contributed by atoms with Gasteiger partial charge < -0.3 is 16.4 Å². The van der Waals surface area contributed by atoms with Crippen LogP contribution in [0.1, 0.15) is 32.7 Å².